The van der Waals surface area contributed by atoms with Gasteiger partial charge in [0, 0.05) is 10.5 Å². The van der Waals surface area contributed by atoms with E-state index in [1.807, 2.05) is 24.3 Å². The zero-order chi connectivity index (χ0) is 15.0. The Morgan fingerprint density at radius 3 is 2.48 bits per heavy atom. The van der Waals surface area contributed by atoms with Crippen molar-refractivity contribution in [1.29, 1.82) is 0 Å². The number of nitrogens with two attached hydrogens (primary N) is 1. The van der Waals surface area contributed by atoms with Crippen LogP contribution in [0.15, 0.2) is 57.9 Å². The van der Waals surface area contributed by atoms with E-state index in [1.54, 1.807) is 24.3 Å². The number of rotatable bonds is 2. The molecule has 0 radical (unpaired) electrons. The van der Waals surface area contributed by atoms with Gasteiger partial charge in [-0.05, 0) is 52.0 Å². The van der Waals surface area contributed by atoms with Crippen LogP contribution in [0.25, 0.3) is 0 Å². The number of aryl methyl sites for hydroxylation is 1. The van der Waals surface area contributed by atoms with E-state index in [0.29, 0.717) is 15.8 Å². The SMILES string of the molecule is NC1c2ccccc2CCC1S(=O)(=O)c1ccccc1Br. The van der Waals surface area contributed by atoms with Crippen molar-refractivity contribution in [3.8, 4) is 0 Å². The Hall–Kier alpha value is -1.17. The number of hydrogen-bond acceptors (Lipinski definition) is 3. The van der Waals surface area contributed by atoms with Crippen LogP contribution in [0.5, 0.6) is 0 Å². The Bertz CT molecular complexity index is 773. The fraction of sp³-hybridized carbons (Fsp3) is 0.250. The molecule has 2 aromatic rings. The molecule has 1 aliphatic carbocycles. The van der Waals surface area contributed by atoms with E-state index in [-0.39, 0.29) is 0 Å². The van der Waals surface area contributed by atoms with Crippen LogP contribution in [0.4, 0.5) is 0 Å². The molecule has 3 nitrogen and oxygen atoms in total. The summed E-state index contributed by atoms with van der Waals surface area (Å²) in [5.41, 5.74) is 8.37. The second kappa shape index (κ2) is 5.55. The van der Waals surface area contributed by atoms with Gasteiger partial charge in [0.15, 0.2) is 9.84 Å². The van der Waals surface area contributed by atoms with Crippen molar-refractivity contribution in [2.75, 3.05) is 0 Å². The molecule has 0 saturated carbocycles. The van der Waals surface area contributed by atoms with Crippen LogP contribution in [0, 0.1) is 0 Å². The standard InChI is InChI=1S/C16H16BrNO2S/c17-13-7-3-4-8-14(13)21(19,20)15-10-9-11-5-1-2-6-12(11)16(15)18/h1-8,15-16H,9-10,18H2. The van der Waals surface area contributed by atoms with Gasteiger partial charge in [-0.25, -0.2) is 8.42 Å². The zero-order valence-electron chi connectivity index (χ0n) is 11.4. The molecule has 0 saturated heterocycles. The molecule has 2 unspecified atom stereocenters. The lowest BCUT2D eigenvalue weighted by Crippen LogP contribution is -2.37. The van der Waals surface area contributed by atoms with Gasteiger partial charge >= 0.3 is 0 Å². The minimum Gasteiger partial charge on any atom is -0.323 e. The quantitative estimate of drug-likeness (QED) is 0.888. The Labute approximate surface area is 133 Å². The highest BCUT2D eigenvalue weighted by Gasteiger charge is 2.37. The Kier molecular flexibility index (Phi) is 3.90. The Morgan fingerprint density at radius 2 is 1.71 bits per heavy atom. The third-order valence-corrected chi connectivity index (χ3v) is 7.30. The maximum absolute atomic E-state index is 12.9. The molecule has 0 heterocycles. The van der Waals surface area contributed by atoms with Crippen LogP contribution in [-0.2, 0) is 16.3 Å². The van der Waals surface area contributed by atoms with Crippen LogP contribution >= 0.6 is 15.9 Å². The minimum atomic E-state index is -3.46. The molecule has 21 heavy (non-hydrogen) atoms. The third kappa shape index (κ3) is 2.54. The third-order valence-electron chi connectivity index (χ3n) is 4.05. The van der Waals surface area contributed by atoms with Crippen molar-refractivity contribution in [2.45, 2.75) is 29.0 Å². The largest absolute Gasteiger partial charge is 0.323 e. The van der Waals surface area contributed by atoms with E-state index in [2.05, 4.69) is 15.9 Å². The fourth-order valence-corrected chi connectivity index (χ4v) is 5.81. The van der Waals surface area contributed by atoms with Gasteiger partial charge in [-0.3, -0.25) is 0 Å². The van der Waals surface area contributed by atoms with E-state index >= 15 is 0 Å². The summed E-state index contributed by atoms with van der Waals surface area (Å²) in [6, 6.07) is 14.3. The second-order valence-corrected chi connectivity index (χ2v) is 8.27. The minimum absolute atomic E-state index is 0.324. The predicted molar refractivity (Wildman–Crippen MR) is 86.8 cm³/mol. The Morgan fingerprint density at radius 1 is 1.05 bits per heavy atom. The van der Waals surface area contributed by atoms with Crippen molar-refractivity contribution >= 4 is 25.8 Å². The maximum atomic E-state index is 12.9. The molecule has 0 spiro atoms. The van der Waals surface area contributed by atoms with Gasteiger partial charge in [-0.2, -0.15) is 0 Å². The first-order valence-corrected chi connectivity index (χ1v) is 9.17. The van der Waals surface area contributed by atoms with Crippen LogP contribution in [0.1, 0.15) is 23.6 Å². The van der Waals surface area contributed by atoms with E-state index < -0.39 is 21.1 Å². The summed E-state index contributed by atoms with van der Waals surface area (Å²) in [5.74, 6) is 0. The van der Waals surface area contributed by atoms with Crippen LogP contribution < -0.4 is 5.73 Å². The highest BCUT2D eigenvalue weighted by molar-refractivity contribution is 9.10. The molecule has 3 rings (SSSR count). The molecule has 0 amide bonds. The fourth-order valence-electron chi connectivity index (χ4n) is 2.95. The summed E-state index contributed by atoms with van der Waals surface area (Å²) in [6.07, 6.45) is 1.31. The molecule has 1 aliphatic rings. The van der Waals surface area contributed by atoms with E-state index in [4.69, 9.17) is 5.73 Å². The monoisotopic (exact) mass is 365 g/mol. The van der Waals surface area contributed by atoms with Crippen LogP contribution in [-0.4, -0.2) is 13.7 Å². The number of sulfone groups is 1. The summed E-state index contributed by atoms with van der Waals surface area (Å²) in [7, 11) is -3.46. The summed E-state index contributed by atoms with van der Waals surface area (Å²) < 4.78 is 26.4. The predicted octanol–water partition coefficient (Wildman–Crippen LogP) is 3.24. The molecular formula is C16H16BrNO2S. The highest BCUT2D eigenvalue weighted by atomic mass is 79.9. The average molecular weight is 366 g/mol. The lowest BCUT2D eigenvalue weighted by atomic mass is 9.88. The lowest BCUT2D eigenvalue weighted by Gasteiger charge is -2.30. The molecule has 2 N–H and O–H groups in total. The molecule has 5 heteroatoms. The molecule has 0 aromatic heterocycles. The molecule has 0 fully saturated rings. The molecule has 0 aliphatic heterocycles. The summed E-state index contributed by atoms with van der Waals surface area (Å²) >= 11 is 3.33. The summed E-state index contributed by atoms with van der Waals surface area (Å²) in [4.78, 5) is 0.324. The summed E-state index contributed by atoms with van der Waals surface area (Å²) in [5, 5.41) is -0.578. The second-order valence-electron chi connectivity index (χ2n) is 5.28. The molecule has 110 valence electrons. The lowest BCUT2D eigenvalue weighted by molar-refractivity contribution is 0.521. The summed E-state index contributed by atoms with van der Waals surface area (Å²) in [6.45, 7) is 0. The first-order chi connectivity index (χ1) is 10.0. The number of halogens is 1. The van der Waals surface area contributed by atoms with E-state index in [1.165, 1.54) is 0 Å². The van der Waals surface area contributed by atoms with Crippen molar-refractivity contribution in [3.63, 3.8) is 0 Å². The van der Waals surface area contributed by atoms with Gasteiger partial charge in [0.2, 0.25) is 0 Å². The van der Waals surface area contributed by atoms with Crippen molar-refractivity contribution in [3.05, 3.63) is 64.1 Å². The normalized spacial score (nSPS) is 21.8. The van der Waals surface area contributed by atoms with Gasteiger partial charge in [0.05, 0.1) is 10.1 Å². The zero-order valence-corrected chi connectivity index (χ0v) is 13.8. The number of fused-ring (bicyclic) bond motifs is 1. The van der Waals surface area contributed by atoms with Gasteiger partial charge in [-0.15, -0.1) is 0 Å². The molecule has 2 aromatic carbocycles. The molecule has 0 bridgehead atoms. The van der Waals surface area contributed by atoms with E-state index in [9.17, 15) is 8.42 Å². The smallest absolute Gasteiger partial charge is 0.184 e. The van der Waals surface area contributed by atoms with Crippen molar-refractivity contribution < 1.29 is 8.42 Å². The van der Waals surface area contributed by atoms with Gasteiger partial charge in [0.1, 0.15) is 0 Å². The Balaban J connectivity index is 2.04. The van der Waals surface area contributed by atoms with Gasteiger partial charge in [0.25, 0.3) is 0 Å². The van der Waals surface area contributed by atoms with Crippen LogP contribution in [0.3, 0.4) is 0 Å². The molecule has 2 atom stereocenters. The maximum Gasteiger partial charge on any atom is 0.184 e. The first kappa shape index (κ1) is 14.8. The highest BCUT2D eigenvalue weighted by Crippen LogP contribution is 2.36. The average Bonchev–Trinajstić information content (AvgIpc) is 2.48. The van der Waals surface area contributed by atoms with Gasteiger partial charge < -0.3 is 5.73 Å². The van der Waals surface area contributed by atoms with E-state index in [0.717, 1.165) is 17.5 Å². The van der Waals surface area contributed by atoms with Crippen LogP contribution in [0.2, 0.25) is 0 Å². The van der Waals surface area contributed by atoms with Crippen molar-refractivity contribution in [1.82, 2.24) is 0 Å². The molecular weight excluding hydrogens is 350 g/mol. The van der Waals surface area contributed by atoms with Crippen molar-refractivity contribution in [2.24, 2.45) is 5.73 Å². The van der Waals surface area contributed by atoms with Gasteiger partial charge in [-0.1, -0.05) is 36.4 Å². The number of hydrogen-bond donors (Lipinski definition) is 1. The number of benzene rings is 2. The first-order valence-electron chi connectivity index (χ1n) is 6.83. The topological polar surface area (TPSA) is 60.2 Å².